The lowest BCUT2D eigenvalue weighted by molar-refractivity contribution is 0.976. The van der Waals surface area contributed by atoms with Gasteiger partial charge in [-0.1, -0.05) is 0 Å². The average molecular weight is 183 g/mol. The topological polar surface area (TPSA) is 30.2 Å². The number of fused-ring (bicyclic) bond motifs is 3. The van der Waals surface area contributed by atoms with Gasteiger partial charge in [-0.2, -0.15) is 5.10 Å². The van der Waals surface area contributed by atoms with Gasteiger partial charge >= 0.3 is 0 Å². The molecule has 0 N–H and O–H groups in total. The SMILES string of the molecule is Cc1ccc2ccc3ccnn3c2n1. The summed E-state index contributed by atoms with van der Waals surface area (Å²) in [6.45, 7) is 1.99. The fraction of sp³-hybridized carbons (Fsp3) is 0.0909. The maximum Gasteiger partial charge on any atom is 0.161 e. The van der Waals surface area contributed by atoms with Crippen molar-refractivity contribution in [1.29, 1.82) is 0 Å². The second-order valence-electron chi connectivity index (χ2n) is 3.37. The van der Waals surface area contributed by atoms with Crippen molar-refractivity contribution in [2.75, 3.05) is 0 Å². The Morgan fingerprint density at radius 1 is 1.07 bits per heavy atom. The third-order valence-electron chi connectivity index (χ3n) is 2.35. The molecule has 3 aromatic heterocycles. The van der Waals surface area contributed by atoms with E-state index in [4.69, 9.17) is 0 Å². The minimum Gasteiger partial charge on any atom is -0.233 e. The monoisotopic (exact) mass is 183 g/mol. The van der Waals surface area contributed by atoms with E-state index >= 15 is 0 Å². The van der Waals surface area contributed by atoms with Crippen LogP contribution < -0.4 is 0 Å². The van der Waals surface area contributed by atoms with Crippen molar-refractivity contribution in [3.8, 4) is 0 Å². The largest absolute Gasteiger partial charge is 0.233 e. The first-order valence-electron chi connectivity index (χ1n) is 4.55. The molecule has 0 atom stereocenters. The van der Waals surface area contributed by atoms with E-state index in [1.165, 1.54) is 0 Å². The van der Waals surface area contributed by atoms with Crippen LogP contribution in [-0.2, 0) is 0 Å². The number of hydrogen-bond donors (Lipinski definition) is 0. The number of aromatic nitrogens is 3. The lowest BCUT2D eigenvalue weighted by Gasteiger charge is -2.01. The Balaban J connectivity index is 2.60. The van der Waals surface area contributed by atoms with Gasteiger partial charge in [0.1, 0.15) is 0 Å². The molecule has 68 valence electrons. The predicted octanol–water partition coefficient (Wildman–Crippen LogP) is 2.19. The molecular weight excluding hydrogens is 174 g/mol. The van der Waals surface area contributed by atoms with Gasteiger partial charge in [0.05, 0.1) is 11.7 Å². The lowest BCUT2D eigenvalue weighted by Crippen LogP contribution is -1.93. The van der Waals surface area contributed by atoms with Crippen molar-refractivity contribution in [3.63, 3.8) is 0 Å². The molecule has 0 aliphatic heterocycles. The standard InChI is InChI=1S/C11H9N3/c1-8-2-3-9-4-5-10-6-7-12-14(10)11(9)13-8/h2-7H,1H3. The molecule has 3 aromatic rings. The van der Waals surface area contributed by atoms with Crippen LogP contribution in [0.3, 0.4) is 0 Å². The summed E-state index contributed by atoms with van der Waals surface area (Å²) in [6, 6.07) is 10.2. The molecule has 0 aliphatic rings. The van der Waals surface area contributed by atoms with Crippen molar-refractivity contribution in [2.24, 2.45) is 0 Å². The summed E-state index contributed by atoms with van der Waals surface area (Å²) in [6.07, 6.45) is 1.79. The Labute approximate surface area is 81.0 Å². The van der Waals surface area contributed by atoms with E-state index in [9.17, 15) is 0 Å². The highest BCUT2D eigenvalue weighted by Gasteiger charge is 2.01. The molecule has 3 rings (SSSR count). The highest BCUT2D eigenvalue weighted by Crippen LogP contribution is 2.14. The van der Waals surface area contributed by atoms with Crippen LogP contribution in [0.5, 0.6) is 0 Å². The molecule has 0 unspecified atom stereocenters. The van der Waals surface area contributed by atoms with E-state index in [-0.39, 0.29) is 0 Å². The van der Waals surface area contributed by atoms with E-state index in [1.54, 1.807) is 6.20 Å². The molecule has 0 spiro atoms. The molecule has 3 heteroatoms. The normalized spacial score (nSPS) is 11.2. The van der Waals surface area contributed by atoms with Crippen molar-refractivity contribution < 1.29 is 0 Å². The Bertz CT molecular complexity index is 610. The Morgan fingerprint density at radius 3 is 2.86 bits per heavy atom. The molecule has 3 heterocycles. The first-order chi connectivity index (χ1) is 6.84. The van der Waals surface area contributed by atoms with E-state index in [0.717, 1.165) is 22.2 Å². The number of nitrogens with zero attached hydrogens (tertiary/aromatic N) is 3. The zero-order chi connectivity index (χ0) is 9.54. The third-order valence-corrected chi connectivity index (χ3v) is 2.35. The summed E-state index contributed by atoms with van der Waals surface area (Å²) >= 11 is 0. The molecule has 0 aromatic carbocycles. The van der Waals surface area contributed by atoms with E-state index < -0.39 is 0 Å². The third kappa shape index (κ3) is 0.923. The van der Waals surface area contributed by atoms with Crippen LogP contribution in [0.1, 0.15) is 5.69 Å². The molecule has 0 aliphatic carbocycles. The zero-order valence-electron chi connectivity index (χ0n) is 7.81. The van der Waals surface area contributed by atoms with Gasteiger partial charge < -0.3 is 0 Å². The Kier molecular flexibility index (Phi) is 1.36. The van der Waals surface area contributed by atoms with Crippen LogP contribution in [0.2, 0.25) is 0 Å². The summed E-state index contributed by atoms with van der Waals surface area (Å²) < 4.78 is 1.86. The molecule has 3 nitrogen and oxygen atoms in total. The van der Waals surface area contributed by atoms with Gasteiger partial charge in [0.25, 0.3) is 0 Å². The van der Waals surface area contributed by atoms with E-state index in [1.807, 2.05) is 29.6 Å². The van der Waals surface area contributed by atoms with Gasteiger partial charge in [-0.15, -0.1) is 0 Å². The van der Waals surface area contributed by atoms with Crippen molar-refractivity contribution in [3.05, 3.63) is 42.2 Å². The second-order valence-corrected chi connectivity index (χ2v) is 3.37. The van der Waals surface area contributed by atoms with Crippen LogP contribution >= 0.6 is 0 Å². The molecule has 0 bridgehead atoms. The van der Waals surface area contributed by atoms with E-state index in [0.29, 0.717) is 0 Å². The molecule has 0 radical (unpaired) electrons. The predicted molar refractivity (Wildman–Crippen MR) is 55.2 cm³/mol. The molecule has 14 heavy (non-hydrogen) atoms. The van der Waals surface area contributed by atoms with E-state index in [2.05, 4.69) is 22.2 Å². The zero-order valence-corrected chi connectivity index (χ0v) is 7.81. The summed E-state index contributed by atoms with van der Waals surface area (Å²) in [7, 11) is 0. The molecule has 0 saturated carbocycles. The summed E-state index contributed by atoms with van der Waals surface area (Å²) in [4.78, 5) is 4.48. The summed E-state index contributed by atoms with van der Waals surface area (Å²) in [5.74, 6) is 0. The maximum atomic E-state index is 4.48. The molecular formula is C11H9N3. The van der Waals surface area contributed by atoms with Gasteiger partial charge in [-0.05, 0) is 37.3 Å². The molecule has 0 amide bonds. The van der Waals surface area contributed by atoms with Crippen molar-refractivity contribution >= 4 is 16.6 Å². The van der Waals surface area contributed by atoms with Gasteiger partial charge in [0.2, 0.25) is 0 Å². The van der Waals surface area contributed by atoms with Crippen molar-refractivity contribution in [1.82, 2.24) is 14.6 Å². The summed E-state index contributed by atoms with van der Waals surface area (Å²) in [5, 5.41) is 5.36. The average Bonchev–Trinajstić information content (AvgIpc) is 2.65. The first-order valence-corrected chi connectivity index (χ1v) is 4.55. The number of pyridine rings is 2. The lowest BCUT2D eigenvalue weighted by atomic mass is 10.2. The number of rotatable bonds is 0. The minimum absolute atomic E-state index is 0.924. The molecule has 0 saturated heterocycles. The van der Waals surface area contributed by atoms with Crippen molar-refractivity contribution in [2.45, 2.75) is 6.92 Å². The number of hydrogen-bond acceptors (Lipinski definition) is 2. The van der Waals surface area contributed by atoms with Gasteiger partial charge in [0, 0.05) is 11.1 Å². The quantitative estimate of drug-likeness (QED) is 0.534. The first kappa shape index (κ1) is 7.50. The Morgan fingerprint density at radius 2 is 1.93 bits per heavy atom. The molecule has 0 fully saturated rings. The minimum atomic E-state index is 0.924. The van der Waals surface area contributed by atoms with Crippen LogP contribution in [0, 0.1) is 6.92 Å². The van der Waals surface area contributed by atoms with Gasteiger partial charge in [-0.25, -0.2) is 9.50 Å². The number of aryl methyl sites for hydroxylation is 1. The van der Waals surface area contributed by atoms with Crippen LogP contribution in [0.25, 0.3) is 16.6 Å². The van der Waals surface area contributed by atoms with Gasteiger partial charge in [0.15, 0.2) is 5.65 Å². The second kappa shape index (κ2) is 2.54. The van der Waals surface area contributed by atoms with Gasteiger partial charge in [-0.3, -0.25) is 0 Å². The fourth-order valence-corrected chi connectivity index (χ4v) is 1.65. The highest BCUT2D eigenvalue weighted by molar-refractivity contribution is 5.78. The maximum absolute atomic E-state index is 4.48. The van der Waals surface area contributed by atoms with Crippen LogP contribution in [0.4, 0.5) is 0 Å². The Hall–Kier alpha value is -1.90. The fourth-order valence-electron chi connectivity index (χ4n) is 1.65. The summed E-state index contributed by atoms with van der Waals surface area (Å²) in [5.41, 5.74) is 3.02. The van der Waals surface area contributed by atoms with Crippen LogP contribution in [0.15, 0.2) is 36.5 Å². The van der Waals surface area contributed by atoms with Crippen LogP contribution in [-0.4, -0.2) is 14.6 Å². The smallest absolute Gasteiger partial charge is 0.161 e. The highest BCUT2D eigenvalue weighted by atomic mass is 15.2.